The second-order valence-electron chi connectivity index (χ2n) is 3.14. The fourth-order valence-corrected chi connectivity index (χ4v) is 0.669. The highest BCUT2D eigenvalue weighted by atomic mass is 35.5. The molecule has 8 heteroatoms. The maximum absolute atomic E-state index is 10.1. The summed E-state index contributed by atoms with van der Waals surface area (Å²) in [5, 5.41) is 19.0. The van der Waals surface area contributed by atoms with Crippen molar-refractivity contribution in [1.29, 1.82) is 0 Å². The van der Waals surface area contributed by atoms with Crippen LogP contribution in [0.4, 0.5) is 9.59 Å². The maximum Gasteiger partial charge on any atom is 0.506 e. The molecule has 0 bridgehead atoms. The lowest BCUT2D eigenvalue weighted by Crippen LogP contribution is -2.33. The van der Waals surface area contributed by atoms with Crippen molar-refractivity contribution in [3.8, 4) is 0 Å². The highest BCUT2D eigenvalue weighted by Gasteiger charge is 2.14. The van der Waals surface area contributed by atoms with Crippen LogP contribution in [0.3, 0.4) is 0 Å². The van der Waals surface area contributed by atoms with Crippen molar-refractivity contribution in [1.82, 2.24) is 5.32 Å². The fourth-order valence-electron chi connectivity index (χ4n) is 0.669. The van der Waals surface area contributed by atoms with E-state index >= 15 is 0 Å². The molecule has 1 atom stereocenters. The molecule has 0 saturated heterocycles. The molecular weight excluding hydrogens is 266 g/mol. The Morgan fingerprint density at radius 3 is 1.94 bits per heavy atom. The number of hydrogen-bond acceptors (Lipinski definition) is 5. The van der Waals surface area contributed by atoms with Crippen molar-refractivity contribution in [2.45, 2.75) is 32.8 Å². The van der Waals surface area contributed by atoms with E-state index in [1.165, 1.54) is 12.8 Å². The zero-order valence-electron chi connectivity index (χ0n) is 10.8. The Balaban J connectivity index is -0.000000392. The molecule has 1 unspecified atom stereocenters. The Bertz CT molecular complexity index is 213. The summed E-state index contributed by atoms with van der Waals surface area (Å²) >= 11 is 0. The van der Waals surface area contributed by atoms with Crippen LogP contribution in [0.25, 0.3) is 0 Å². The third kappa shape index (κ3) is 20.2. The van der Waals surface area contributed by atoms with Gasteiger partial charge in [-0.15, -0.1) is 12.4 Å². The lowest BCUT2D eigenvalue weighted by molar-refractivity contribution is 0.00614. The third-order valence-electron chi connectivity index (χ3n) is 1.59. The Labute approximate surface area is 113 Å². The second kappa shape index (κ2) is 15.8. The normalized spacial score (nSPS) is 10.2. The predicted molar refractivity (Wildman–Crippen MR) is 68.6 cm³/mol. The van der Waals surface area contributed by atoms with Crippen molar-refractivity contribution in [2.75, 3.05) is 20.2 Å². The van der Waals surface area contributed by atoms with Gasteiger partial charge in [0.25, 0.3) is 0 Å². The molecule has 0 fully saturated rings. The quantitative estimate of drug-likeness (QED) is 0.643. The van der Waals surface area contributed by atoms with Crippen molar-refractivity contribution in [3.05, 3.63) is 0 Å². The van der Waals surface area contributed by atoms with Gasteiger partial charge in [0.15, 0.2) is 6.10 Å². The van der Waals surface area contributed by atoms with E-state index in [4.69, 9.17) is 10.2 Å². The molecule has 110 valence electrons. The van der Waals surface area contributed by atoms with Crippen molar-refractivity contribution < 1.29 is 29.3 Å². The number of likely N-dealkylation sites (N-methyl/N-ethyl adjacent to an activating group) is 1. The summed E-state index contributed by atoms with van der Waals surface area (Å²) in [4.78, 5) is 20.0. The number of halogens is 1. The first kappa shape index (κ1) is 22.0. The summed E-state index contributed by atoms with van der Waals surface area (Å²) in [5.74, 6) is 0. The van der Waals surface area contributed by atoms with Crippen molar-refractivity contribution in [2.24, 2.45) is 0 Å². The molecule has 0 saturated carbocycles. The summed E-state index contributed by atoms with van der Waals surface area (Å²) in [6, 6.07) is 0. The largest absolute Gasteiger partial charge is 0.506 e. The number of carboxylic acid groups (broad SMARTS) is 2. The zero-order valence-corrected chi connectivity index (χ0v) is 11.7. The van der Waals surface area contributed by atoms with E-state index in [1.807, 2.05) is 0 Å². The van der Waals surface area contributed by atoms with Crippen LogP contribution < -0.4 is 5.32 Å². The predicted octanol–water partition coefficient (Wildman–Crippen LogP) is 2.19. The summed E-state index contributed by atoms with van der Waals surface area (Å²) in [6.07, 6.45) is -1.11. The smallest absolute Gasteiger partial charge is 0.450 e. The zero-order chi connectivity index (χ0) is 13.7. The van der Waals surface area contributed by atoms with Gasteiger partial charge in [-0.1, -0.05) is 26.7 Å². The Morgan fingerprint density at radius 2 is 1.67 bits per heavy atom. The number of carbonyl (C=O) groups is 2. The maximum atomic E-state index is 10.1. The van der Waals surface area contributed by atoms with Gasteiger partial charge in [-0.05, 0) is 7.05 Å². The number of unbranched alkanes of at least 4 members (excludes halogenated alkanes) is 1. The average molecular weight is 288 g/mol. The average Bonchev–Trinajstić information content (AvgIpc) is 2.26. The highest BCUT2D eigenvalue weighted by molar-refractivity contribution is 5.85. The molecule has 0 aromatic heterocycles. The lowest BCUT2D eigenvalue weighted by atomic mass is 10.4. The van der Waals surface area contributed by atoms with E-state index in [-0.39, 0.29) is 25.6 Å². The fraction of sp³-hybridized carbons (Fsp3) is 0.800. The SMILES string of the molecule is CCCC.CNCC(COC(=O)O)OC(=O)O.Cl. The molecule has 0 rings (SSSR count). The molecule has 0 aromatic rings. The molecule has 0 radical (unpaired) electrons. The molecule has 0 spiro atoms. The van der Waals surface area contributed by atoms with Crippen molar-refractivity contribution >= 4 is 24.7 Å². The molecule has 18 heavy (non-hydrogen) atoms. The summed E-state index contributed by atoms with van der Waals surface area (Å²) in [7, 11) is 1.58. The number of hydrogen-bond donors (Lipinski definition) is 3. The highest BCUT2D eigenvalue weighted by Crippen LogP contribution is 1.93. The number of rotatable bonds is 6. The Kier molecular flexibility index (Phi) is 19.3. The molecule has 0 heterocycles. The monoisotopic (exact) mass is 287 g/mol. The topological polar surface area (TPSA) is 105 Å². The first-order valence-electron chi connectivity index (χ1n) is 5.37. The van der Waals surface area contributed by atoms with Crippen LogP contribution in [0.2, 0.25) is 0 Å². The first-order valence-corrected chi connectivity index (χ1v) is 5.37. The lowest BCUT2D eigenvalue weighted by Gasteiger charge is -2.13. The van der Waals surface area contributed by atoms with E-state index in [1.54, 1.807) is 7.05 Å². The van der Waals surface area contributed by atoms with E-state index < -0.39 is 18.4 Å². The van der Waals surface area contributed by atoms with Gasteiger partial charge in [0.1, 0.15) is 6.61 Å². The molecule has 0 aromatic carbocycles. The van der Waals surface area contributed by atoms with Gasteiger partial charge >= 0.3 is 12.3 Å². The third-order valence-corrected chi connectivity index (χ3v) is 1.59. The van der Waals surface area contributed by atoms with E-state index in [9.17, 15) is 9.59 Å². The van der Waals surface area contributed by atoms with Crippen LogP contribution in [0.15, 0.2) is 0 Å². The first-order chi connectivity index (χ1) is 7.97. The van der Waals surface area contributed by atoms with Gasteiger partial charge in [0.05, 0.1) is 0 Å². The van der Waals surface area contributed by atoms with Crippen LogP contribution >= 0.6 is 12.4 Å². The van der Waals surface area contributed by atoms with Gasteiger partial charge < -0.3 is 25.0 Å². The van der Waals surface area contributed by atoms with Gasteiger partial charge in [-0.25, -0.2) is 9.59 Å². The van der Waals surface area contributed by atoms with Gasteiger partial charge in [-0.2, -0.15) is 0 Å². The minimum absolute atomic E-state index is 0. The number of ether oxygens (including phenoxy) is 2. The van der Waals surface area contributed by atoms with Gasteiger partial charge in [-0.3, -0.25) is 0 Å². The summed E-state index contributed by atoms with van der Waals surface area (Å²) in [5.41, 5.74) is 0. The van der Waals surface area contributed by atoms with Gasteiger partial charge in [0, 0.05) is 6.54 Å². The van der Waals surface area contributed by atoms with Crippen LogP contribution in [-0.2, 0) is 9.47 Å². The minimum Gasteiger partial charge on any atom is -0.450 e. The van der Waals surface area contributed by atoms with Crippen LogP contribution in [-0.4, -0.2) is 48.8 Å². The molecule has 3 N–H and O–H groups in total. The summed E-state index contributed by atoms with van der Waals surface area (Å²) < 4.78 is 8.45. The molecular formula is C10H22ClNO6. The van der Waals surface area contributed by atoms with E-state index in [2.05, 4.69) is 28.6 Å². The molecule has 0 aliphatic heterocycles. The minimum atomic E-state index is -1.46. The van der Waals surface area contributed by atoms with Crippen LogP contribution in [0, 0.1) is 0 Å². The second-order valence-corrected chi connectivity index (χ2v) is 3.14. The van der Waals surface area contributed by atoms with Crippen LogP contribution in [0.1, 0.15) is 26.7 Å². The number of nitrogens with one attached hydrogen (secondary N) is 1. The molecule has 0 amide bonds. The molecule has 0 aliphatic carbocycles. The Morgan fingerprint density at radius 1 is 1.17 bits per heavy atom. The van der Waals surface area contributed by atoms with E-state index in [0.717, 1.165) is 0 Å². The molecule has 0 aliphatic rings. The van der Waals surface area contributed by atoms with Gasteiger partial charge in [0.2, 0.25) is 0 Å². The van der Waals surface area contributed by atoms with E-state index in [0.29, 0.717) is 0 Å². The standard InChI is InChI=1S/C6H11NO6.C4H10.ClH/c1-7-2-4(13-6(10)11)3-12-5(8)9;1-3-4-2;/h4,7H,2-3H2,1H3,(H,8,9)(H,10,11);3-4H2,1-2H3;1H. The molecule has 7 nitrogen and oxygen atoms in total. The Hall–Kier alpha value is -1.21. The van der Waals surface area contributed by atoms with Crippen LogP contribution in [0.5, 0.6) is 0 Å². The summed E-state index contributed by atoms with van der Waals surface area (Å²) in [6.45, 7) is 4.24. The van der Waals surface area contributed by atoms with Crippen molar-refractivity contribution in [3.63, 3.8) is 0 Å².